The monoisotopic (exact) mass is 374 g/mol. The summed E-state index contributed by atoms with van der Waals surface area (Å²) in [6.45, 7) is 7.33. The van der Waals surface area contributed by atoms with Crippen LogP contribution in [0.25, 0.3) is 5.69 Å². The maximum absolute atomic E-state index is 12.8. The van der Waals surface area contributed by atoms with E-state index in [1.165, 1.54) is 16.8 Å². The molecule has 0 saturated carbocycles. The average Bonchev–Trinajstić information content (AvgIpc) is 2.71. The van der Waals surface area contributed by atoms with Gasteiger partial charge in [0, 0.05) is 23.2 Å². The summed E-state index contributed by atoms with van der Waals surface area (Å²) in [5, 5.41) is 11.7. The minimum atomic E-state index is -0.833. The van der Waals surface area contributed by atoms with Crippen LogP contribution >= 0.6 is 12.6 Å². The fourth-order valence-electron chi connectivity index (χ4n) is 3.29. The second-order valence-electron chi connectivity index (χ2n) is 7.28. The number of nitrogens with zero attached hydrogens (tertiary/aromatic N) is 2. The minimum absolute atomic E-state index is 0.0982. The van der Waals surface area contributed by atoms with Crippen LogP contribution in [0.3, 0.4) is 0 Å². The predicted molar refractivity (Wildman–Crippen MR) is 98.3 cm³/mol. The molecule has 3 heterocycles. The van der Waals surface area contributed by atoms with Crippen molar-refractivity contribution in [2.75, 3.05) is 0 Å². The molecule has 8 heteroatoms. The number of rotatable bonds is 2. The molecular weight excluding hydrogens is 356 g/mol. The van der Waals surface area contributed by atoms with E-state index in [1.807, 2.05) is 20.8 Å². The predicted octanol–water partition coefficient (Wildman–Crippen LogP) is 3.60. The molecule has 0 amide bonds. The number of benzene rings is 1. The van der Waals surface area contributed by atoms with Gasteiger partial charge in [-0.1, -0.05) is 26.8 Å². The van der Waals surface area contributed by atoms with Crippen molar-refractivity contribution in [3.8, 4) is 5.69 Å². The standard InChI is InChI=1S/C18H18N2O5S/c1-9-11-15(26)14(20(23)24)12(17(22)25-16(11)18(2,3)4)13(9)19-8-6-5-7-10(19)21/h5-8,16,26H,1-4H3. The Bertz CT molecular complexity index is 1000. The van der Waals surface area contributed by atoms with Gasteiger partial charge in [0.25, 0.3) is 11.2 Å². The number of pyridine rings is 1. The molecular formula is C18H18N2O5S. The quantitative estimate of drug-likeness (QED) is 0.375. The van der Waals surface area contributed by atoms with Gasteiger partial charge in [0.1, 0.15) is 6.10 Å². The lowest BCUT2D eigenvalue weighted by Gasteiger charge is -2.30. The van der Waals surface area contributed by atoms with E-state index in [0.29, 0.717) is 11.1 Å². The largest absolute Gasteiger partial charge is 0.453 e. The molecule has 4 rings (SSSR count). The summed E-state index contributed by atoms with van der Waals surface area (Å²) in [6.07, 6.45) is 0.747. The molecule has 26 heavy (non-hydrogen) atoms. The third-order valence-corrected chi connectivity index (χ3v) is 4.89. The number of thiol groups is 1. The van der Waals surface area contributed by atoms with Gasteiger partial charge < -0.3 is 4.74 Å². The number of nitro benzene ring substituents is 1. The molecule has 0 saturated heterocycles. The molecule has 0 fully saturated rings. The third kappa shape index (κ3) is 2.61. The highest BCUT2D eigenvalue weighted by Gasteiger charge is 2.44. The van der Waals surface area contributed by atoms with Crippen LogP contribution in [0.5, 0.6) is 0 Å². The summed E-state index contributed by atoms with van der Waals surface area (Å²) in [4.78, 5) is 36.4. The maximum Gasteiger partial charge on any atom is 0.348 e. The summed E-state index contributed by atoms with van der Waals surface area (Å²) >= 11 is 4.37. The van der Waals surface area contributed by atoms with E-state index in [9.17, 15) is 19.7 Å². The van der Waals surface area contributed by atoms with E-state index < -0.39 is 33.7 Å². The van der Waals surface area contributed by atoms with Crippen molar-refractivity contribution in [3.63, 3.8) is 0 Å². The molecule has 1 aromatic heterocycles. The molecule has 2 aromatic rings. The summed E-state index contributed by atoms with van der Waals surface area (Å²) in [5.74, 6) is -0.833. The number of hydrogen-bond acceptors (Lipinski definition) is 6. The van der Waals surface area contributed by atoms with E-state index in [-0.39, 0.29) is 16.1 Å². The maximum atomic E-state index is 12.8. The van der Waals surface area contributed by atoms with Crippen LogP contribution in [0.1, 0.15) is 48.4 Å². The van der Waals surface area contributed by atoms with Crippen molar-refractivity contribution in [1.82, 2.24) is 4.57 Å². The molecule has 0 aliphatic carbocycles. The van der Waals surface area contributed by atoms with Crippen LogP contribution in [-0.4, -0.2) is 15.5 Å². The number of nitro groups is 1. The molecule has 0 radical (unpaired) electrons. The lowest BCUT2D eigenvalue weighted by atomic mass is 9.82. The molecule has 2 bridgehead atoms. The molecule has 2 aliphatic rings. The summed E-state index contributed by atoms with van der Waals surface area (Å²) in [5.41, 5.74) is -0.410. The van der Waals surface area contributed by atoms with Crippen molar-refractivity contribution in [1.29, 1.82) is 0 Å². The number of ether oxygens (including phenoxy) is 1. The van der Waals surface area contributed by atoms with Crippen molar-refractivity contribution in [2.24, 2.45) is 5.41 Å². The minimum Gasteiger partial charge on any atom is -0.453 e. The van der Waals surface area contributed by atoms with Gasteiger partial charge in [0.2, 0.25) is 0 Å². The van der Waals surface area contributed by atoms with Crippen molar-refractivity contribution >= 4 is 24.3 Å². The Labute approximate surface area is 155 Å². The fourth-order valence-corrected chi connectivity index (χ4v) is 3.77. The summed E-state index contributed by atoms with van der Waals surface area (Å²) in [7, 11) is 0. The lowest BCUT2D eigenvalue weighted by Crippen LogP contribution is -2.23. The Morgan fingerprint density at radius 1 is 1.27 bits per heavy atom. The van der Waals surface area contributed by atoms with Crippen LogP contribution in [0.4, 0.5) is 5.69 Å². The third-order valence-electron chi connectivity index (χ3n) is 4.44. The highest BCUT2D eigenvalue weighted by molar-refractivity contribution is 7.80. The van der Waals surface area contributed by atoms with Crippen LogP contribution < -0.4 is 5.56 Å². The van der Waals surface area contributed by atoms with Crippen molar-refractivity contribution < 1.29 is 14.5 Å². The Morgan fingerprint density at radius 3 is 2.46 bits per heavy atom. The smallest absolute Gasteiger partial charge is 0.348 e. The second-order valence-corrected chi connectivity index (χ2v) is 7.72. The Hall–Kier alpha value is -2.61. The van der Waals surface area contributed by atoms with Gasteiger partial charge in [-0.2, -0.15) is 0 Å². The normalized spacial score (nSPS) is 16.3. The first-order valence-electron chi connectivity index (χ1n) is 7.98. The molecule has 7 nitrogen and oxygen atoms in total. The first-order valence-corrected chi connectivity index (χ1v) is 8.43. The number of fused-ring (bicyclic) bond motifs is 4. The molecule has 1 unspecified atom stereocenters. The van der Waals surface area contributed by atoms with Gasteiger partial charge in [-0.3, -0.25) is 19.5 Å². The molecule has 0 N–H and O–H groups in total. The highest BCUT2D eigenvalue weighted by atomic mass is 32.1. The number of hydrogen-bond donors (Lipinski definition) is 1. The molecule has 0 spiro atoms. The lowest BCUT2D eigenvalue weighted by molar-refractivity contribution is -0.388. The van der Waals surface area contributed by atoms with E-state index in [4.69, 9.17) is 4.74 Å². The van der Waals surface area contributed by atoms with Crippen molar-refractivity contribution in [3.05, 3.63) is 61.6 Å². The van der Waals surface area contributed by atoms with Gasteiger partial charge in [0.05, 0.1) is 15.5 Å². The van der Waals surface area contributed by atoms with Crippen LogP contribution in [0.15, 0.2) is 34.1 Å². The number of aromatic nitrogens is 1. The van der Waals surface area contributed by atoms with Crippen LogP contribution in [0.2, 0.25) is 0 Å². The second kappa shape index (κ2) is 5.98. The van der Waals surface area contributed by atoms with Gasteiger partial charge >= 0.3 is 5.97 Å². The topological polar surface area (TPSA) is 91.4 Å². The molecule has 136 valence electrons. The number of esters is 1. The van der Waals surface area contributed by atoms with Gasteiger partial charge in [-0.05, 0) is 18.6 Å². The Kier molecular flexibility index (Phi) is 4.18. The Morgan fingerprint density at radius 2 is 1.92 bits per heavy atom. The highest BCUT2D eigenvalue weighted by Crippen LogP contribution is 2.50. The van der Waals surface area contributed by atoms with Gasteiger partial charge in [-0.25, -0.2) is 4.79 Å². The van der Waals surface area contributed by atoms with Crippen LogP contribution in [-0.2, 0) is 4.74 Å². The first-order chi connectivity index (χ1) is 12.1. The molecule has 1 aromatic carbocycles. The van der Waals surface area contributed by atoms with E-state index in [2.05, 4.69) is 12.6 Å². The van der Waals surface area contributed by atoms with Crippen molar-refractivity contribution in [2.45, 2.75) is 38.7 Å². The summed E-state index contributed by atoms with van der Waals surface area (Å²) in [6, 6.07) is 4.51. The van der Waals surface area contributed by atoms with Gasteiger partial charge in [-0.15, -0.1) is 12.6 Å². The summed E-state index contributed by atoms with van der Waals surface area (Å²) < 4.78 is 6.85. The molecule has 1 atom stereocenters. The number of carbonyl (C=O) groups excluding carboxylic acids is 1. The fraction of sp³-hybridized carbons (Fsp3) is 0.333. The molecule has 2 aliphatic heterocycles. The first kappa shape index (κ1) is 18.2. The van der Waals surface area contributed by atoms with Crippen LogP contribution in [0, 0.1) is 22.5 Å². The Balaban J connectivity index is 2.54. The van der Waals surface area contributed by atoms with E-state index in [1.54, 1.807) is 19.1 Å². The van der Waals surface area contributed by atoms with Gasteiger partial charge in [0.15, 0.2) is 5.56 Å². The SMILES string of the molecule is Cc1c2c(S)c([N+](=O)[O-])c(c1-n1ccccc1=O)C(=O)OC2C(C)(C)C. The zero-order chi connectivity index (χ0) is 19.4. The zero-order valence-corrected chi connectivity index (χ0v) is 15.7. The van der Waals surface area contributed by atoms with E-state index >= 15 is 0 Å². The zero-order valence-electron chi connectivity index (χ0n) is 14.8. The average molecular weight is 374 g/mol. The number of carbonyl (C=O) groups is 1. The van der Waals surface area contributed by atoms with E-state index in [0.717, 1.165) is 0 Å².